The van der Waals surface area contributed by atoms with Gasteiger partial charge in [-0.25, -0.2) is 4.79 Å². The van der Waals surface area contributed by atoms with Crippen molar-refractivity contribution in [3.05, 3.63) is 28.3 Å². The van der Waals surface area contributed by atoms with Crippen LogP contribution in [-0.4, -0.2) is 50.7 Å². The average molecular weight is 314 g/mol. The zero-order chi connectivity index (χ0) is 16.2. The van der Waals surface area contributed by atoms with Crippen molar-refractivity contribution >= 4 is 29.2 Å². The van der Waals surface area contributed by atoms with Crippen molar-refractivity contribution in [3.63, 3.8) is 0 Å². The Bertz CT molecular complexity index is 556. The summed E-state index contributed by atoms with van der Waals surface area (Å²) in [5.41, 5.74) is 1.43. The number of nitrogens with one attached hydrogen (secondary N) is 1. The quantitative estimate of drug-likeness (QED) is 0.671. The lowest BCUT2D eigenvalue weighted by Crippen LogP contribution is -2.45. The molecule has 0 saturated heterocycles. The van der Waals surface area contributed by atoms with Crippen LogP contribution in [0.1, 0.15) is 22.8 Å². The largest absolute Gasteiger partial charge is 0.465 e. The van der Waals surface area contributed by atoms with Gasteiger partial charge in [0.2, 0.25) is 0 Å². The van der Waals surface area contributed by atoms with Crippen LogP contribution in [0.2, 0.25) is 5.02 Å². The van der Waals surface area contributed by atoms with Gasteiger partial charge in [-0.3, -0.25) is 4.79 Å². The Hall–Kier alpha value is -1.59. The maximum Gasteiger partial charge on any atom is 0.340 e. The molecule has 21 heavy (non-hydrogen) atoms. The molecule has 6 heteroatoms. The number of rotatable bonds is 5. The van der Waals surface area contributed by atoms with Gasteiger partial charge < -0.3 is 14.5 Å². The van der Waals surface area contributed by atoms with Crippen LogP contribution in [-0.2, 0) is 9.53 Å². The van der Waals surface area contributed by atoms with E-state index in [1.165, 1.54) is 13.2 Å². The Morgan fingerprint density at radius 1 is 1.33 bits per heavy atom. The summed E-state index contributed by atoms with van der Waals surface area (Å²) >= 11 is 5.97. The van der Waals surface area contributed by atoms with Gasteiger partial charge in [0.25, 0.3) is 5.91 Å². The molecule has 0 atom stereocenters. The number of carbonyl (C=O) groups excluding carboxylic acids is 2. The Morgan fingerprint density at radius 3 is 2.48 bits per heavy atom. The summed E-state index contributed by atoms with van der Waals surface area (Å²) in [4.78, 5) is 24.0. The first-order chi connectivity index (χ1) is 9.70. The van der Waals surface area contributed by atoms with Crippen molar-refractivity contribution < 1.29 is 18.8 Å². The number of methoxy groups -OCH3 is 1. The average Bonchev–Trinajstić information content (AvgIpc) is 2.40. The third-order valence-corrected chi connectivity index (χ3v) is 3.62. The van der Waals surface area contributed by atoms with Gasteiger partial charge in [-0.2, -0.15) is 0 Å². The smallest absolute Gasteiger partial charge is 0.340 e. The minimum Gasteiger partial charge on any atom is -0.465 e. The Morgan fingerprint density at radius 2 is 1.95 bits per heavy atom. The molecule has 0 spiro atoms. The fourth-order valence-electron chi connectivity index (χ4n) is 1.86. The number of quaternary nitrogens is 1. The number of benzene rings is 1. The summed E-state index contributed by atoms with van der Waals surface area (Å²) in [6, 6.07) is 3.19. The Balaban J connectivity index is 3.07. The Labute approximate surface area is 130 Å². The van der Waals surface area contributed by atoms with Gasteiger partial charge in [0.05, 0.1) is 39.0 Å². The molecule has 1 aromatic rings. The SMILES string of the molecule is CC[N+](C)(C)CC(=O)Nc1c(C)cc(Cl)cc1C(=O)OC. The molecular formula is C15H22ClN2O3+. The Kier molecular flexibility index (Phi) is 5.75. The first-order valence-corrected chi connectivity index (χ1v) is 7.08. The molecule has 0 aliphatic heterocycles. The van der Waals surface area contributed by atoms with Crippen LogP contribution in [0.4, 0.5) is 5.69 Å². The number of hydrogen-bond acceptors (Lipinski definition) is 3. The van der Waals surface area contributed by atoms with E-state index in [4.69, 9.17) is 16.3 Å². The van der Waals surface area contributed by atoms with E-state index < -0.39 is 5.97 Å². The highest BCUT2D eigenvalue weighted by atomic mass is 35.5. The minimum atomic E-state index is -0.528. The lowest BCUT2D eigenvalue weighted by molar-refractivity contribution is -0.880. The highest BCUT2D eigenvalue weighted by Gasteiger charge is 2.21. The molecule has 0 radical (unpaired) electrons. The second-order valence-corrected chi connectivity index (χ2v) is 6.03. The molecule has 116 valence electrons. The topological polar surface area (TPSA) is 55.4 Å². The summed E-state index contributed by atoms with van der Waals surface area (Å²) in [6.07, 6.45) is 0. The standard InChI is InChI=1S/C15H21ClN2O3/c1-6-18(3,4)9-13(19)17-14-10(2)7-11(16)8-12(14)15(20)21-5/h7-8H,6,9H2,1-5H3/p+1. The first kappa shape index (κ1) is 17.5. The lowest BCUT2D eigenvalue weighted by Gasteiger charge is -2.27. The number of amides is 1. The summed E-state index contributed by atoms with van der Waals surface area (Å²) in [7, 11) is 5.23. The van der Waals surface area contributed by atoms with Gasteiger partial charge in [-0.1, -0.05) is 11.6 Å². The molecule has 0 fully saturated rings. The first-order valence-electron chi connectivity index (χ1n) is 6.70. The van der Waals surface area contributed by atoms with Crippen LogP contribution in [0.25, 0.3) is 0 Å². The molecule has 1 rings (SSSR count). The molecule has 0 bridgehead atoms. The van der Waals surface area contributed by atoms with Gasteiger partial charge >= 0.3 is 5.97 Å². The number of nitrogens with zero attached hydrogens (tertiary/aromatic N) is 1. The van der Waals surface area contributed by atoms with Crippen LogP contribution < -0.4 is 5.32 Å². The summed E-state index contributed by atoms with van der Waals surface area (Å²) in [6.45, 7) is 4.95. The molecule has 0 heterocycles. The van der Waals surface area contributed by atoms with E-state index in [1.54, 1.807) is 13.0 Å². The molecule has 0 aliphatic rings. The monoisotopic (exact) mass is 313 g/mol. The van der Waals surface area contributed by atoms with Crippen LogP contribution in [0.15, 0.2) is 12.1 Å². The molecule has 0 aromatic heterocycles. The minimum absolute atomic E-state index is 0.155. The summed E-state index contributed by atoms with van der Waals surface area (Å²) in [5, 5.41) is 3.22. The maximum atomic E-state index is 12.2. The number of hydrogen-bond donors (Lipinski definition) is 1. The van der Waals surface area contributed by atoms with Gasteiger partial charge in [-0.05, 0) is 31.5 Å². The van der Waals surface area contributed by atoms with Crippen LogP contribution in [0.5, 0.6) is 0 Å². The second-order valence-electron chi connectivity index (χ2n) is 5.60. The highest BCUT2D eigenvalue weighted by Crippen LogP contribution is 2.26. The van der Waals surface area contributed by atoms with Crippen molar-refractivity contribution in [3.8, 4) is 0 Å². The van der Waals surface area contributed by atoms with Crippen LogP contribution >= 0.6 is 11.6 Å². The van der Waals surface area contributed by atoms with Gasteiger partial charge in [0.1, 0.15) is 0 Å². The van der Waals surface area contributed by atoms with E-state index in [2.05, 4.69) is 5.32 Å². The van der Waals surface area contributed by atoms with Crippen molar-refractivity contribution in [2.75, 3.05) is 39.6 Å². The summed E-state index contributed by atoms with van der Waals surface area (Å²) in [5.74, 6) is -0.683. The summed E-state index contributed by atoms with van der Waals surface area (Å²) < 4.78 is 5.30. The van der Waals surface area contributed by atoms with E-state index in [0.717, 1.165) is 12.1 Å². The van der Waals surface area contributed by atoms with E-state index in [-0.39, 0.29) is 11.5 Å². The van der Waals surface area contributed by atoms with Crippen LogP contribution in [0.3, 0.4) is 0 Å². The fraction of sp³-hybridized carbons (Fsp3) is 0.467. The predicted molar refractivity (Wildman–Crippen MR) is 83.7 cm³/mol. The van der Waals surface area contributed by atoms with Gasteiger partial charge in [-0.15, -0.1) is 0 Å². The number of likely N-dealkylation sites (N-methyl/N-ethyl adjacent to an activating group) is 1. The highest BCUT2D eigenvalue weighted by molar-refractivity contribution is 6.31. The normalized spacial score (nSPS) is 11.1. The van der Waals surface area contributed by atoms with Crippen molar-refractivity contribution in [1.82, 2.24) is 0 Å². The number of halogens is 1. The molecule has 0 unspecified atom stereocenters. The van der Waals surface area contributed by atoms with Crippen molar-refractivity contribution in [1.29, 1.82) is 0 Å². The van der Waals surface area contributed by atoms with Gasteiger partial charge in [0, 0.05) is 5.02 Å². The van der Waals surface area contributed by atoms with Gasteiger partial charge in [0.15, 0.2) is 6.54 Å². The van der Waals surface area contributed by atoms with E-state index >= 15 is 0 Å². The zero-order valence-corrected chi connectivity index (χ0v) is 13.9. The molecule has 1 amide bonds. The zero-order valence-electron chi connectivity index (χ0n) is 13.1. The fourth-order valence-corrected chi connectivity index (χ4v) is 2.13. The third kappa shape index (κ3) is 4.72. The number of anilines is 1. The molecule has 5 nitrogen and oxygen atoms in total. The van der Waals surface area contributed by atoms with E-state index in [9.17, 15) is 9.59 Å². The van der Waals surface area contributed by atoms with Crippen LogP contribution in [0, 0.1) is 6.92 Å². The third-order valence-electron chi connectivity index (χ3n) is 3.40. The van der Waals surface area contributed by atoms with E-state index in [1.807, 2.05) is 21.0 Å². The van der Waals surface area contributed by atoms with Crippen molar-refractivity contribution in [2.45, 2.75) is 13.8 Å². The molecule has 1 aromatic carbocycles. The predicted octanol–water partition coefficient (Wildman–Crippen LogP) is 2.47. The number of carbonyl (C=O) groups is 2. The second kappa shape index (κ2) is 6.91. The lowest BCUT2D eigenvalue weighted by atomic mass is 10.1. The number of esters is 1. The number of aryl methyl sites for hydroxylation is 1. The van der Waals surface area contributed by atoms with Crippen molar-refractivity contribution in [2.24, 2.45) is 0 Å². The number of ether oxygens (including phenoxy) is 1. The molecule has 1 N–H and O–H groups in total. The molecule has 0 saturated carbocycles. The maximum absolute atomic E-state index is 12.2. The molecule has 0 aliphatic carbocycles. The van der Waals surface area contributed by atoms with E-state index in [0.29, 0.717) is 21.7 Å². The molecular weight excluding hydrogens is 292 g/mol.